The fourth-order valence-electron chi connectivity index (χ4n) is 2.35. The highest BCUT2D eigenvalue weighted by molar-refractivity contribution is 14.0. The summed E-state index contributed by atoms with van der Waals surface area (Å²) in [6.07, 6.45) is 9.23. The van der Waals surface area contributed by atoms with Crippen molar-refractivity contribution in [1.29, 1.82) is 0 Å². The average Bonchev–Trinajstić information content (AvgIpc) is 2.34. The molecule has 18 heavy (non-hydrogen) atoms. The van der Waals surface area contributed by atoms with Gasteiger partial charge in [0.15, 0.2) is 5.96 Å². The van der Waals surface area contributed by atoms with Crippen LogP contribution in [0.25, 0.3) is 0 Å². The lowest BCUT2D eigenvalue weighted by molar-refractivity contribution is 0.409. The molecule has 1 aliphatic carbocycles. The second kappa shape index (κ2) is 10.9. The van der Waals surface area contributed by atoms with E-state index in [9.17, 15) is 0 Å². The van der Waals surface area contributed by atoms with Gasteiger partial charge in [-0.05, 0) is 31.6 Å². The van der Waals surface area contributed by atoms with Crippen LogP contribution in [0.4, 0.5) is 0 Å². The lowest BCUT2D eigenvalue weighted by atomic mass is 9.96. The second-order valence-electron chi connectivity index (χ2n) is 5.51. The molecule has 4 heteroatoms. The van der Waals surface area contributed by atoms with Crippen LogP contribution in [0, 0.1) is 5.92 Å². The maximum atomic E-state index is 4.29. The van der Waals surface area contributed by atoms with Crippen LogP contribution in [0.5, 0.6) is 0 Å². The molecule has 0 aliphatic heterocycles. The van der Waals surface area contributed by atoms with Crippen LogP contribution >= 0.6 is 24.0 Å². The van der Waals surface area contributed by atoms with E-state index in [4.69, 9.17) is 0 Å². The van der Waals surface area contributed by atoms with Gasteiger partial charge in [-0.15, -0.1) is 24.0 Å². The molecule has 0 heterocycles. The third-order valence-corrected chi connectivity index (χ3v) is 3.42. The first-order chi connectivity index (χ1) is 8.22. The van der Waals surface area contributed by atoms with Gasteiger partial charge in [0.2, 0.25) is 0 Å². The maximum Gasteiger partial charge on any atom is 0.191 e. The van der Waals surface area contributed by atoms with E-state index in [0.29, 0.717) is 6.04 Å². The van der Waals surface area contributed by atoms with Gasteiger partial charge in [-0.2, -0.15) is 0 Å². The predicted octanol–water partition coefficient (Wildman–Crippen LogP) is 3.54. The van der Waals surface area contributed by atoms with Crippen molar-refractivity contribution in [2.75, 3.05) is 13.6 Å². The van der Waals surface area contributed by atoms with Gasteiger partial charge in [0, 0.05) is 19.6 Å². The van der Waals surface area contributed by atoms with Crippen LogP contribution in [-0.2, 0) is 0 Å². The first-order valence-electron chi connectivity index (χ1n) is 7.19. The number of hydrogen-bond acceptors (Lipinski definition) is 1. The van der Waals surface area contributed by atoms with Crippen molar-refractivity contribution in [1.82, 2.24) is 10.6 Å². The summed E-state index contributed by atoms with van der Waals surface area (Å²) < 4.78 is 0. The van der Waals surface area contributed by atoms with E-state index in [1.165, 1.54) is 44.9 Å². The Bertz CT molecular complexity index is 223. The Morgan fingerprint density at radius 1 is 1.22 bits per heavy atom. The second-order valence-corrected chi connectivity index (χ2v) is 5.51. The van der Waals surface area contributed by atoms with Crippen molar-refractivity contribution in [3.8, 4) is 0 Å². The lowest BCUT2D eigenvalue weighted by Gasteiger charge is -2.24. The van der Waals surface area contributed by atoms with Crippen molar-refractivity contribution < 1.29 is 0 Å². The Labute approximate surface area is 130 Å². The molecule has 0 aromatic carbocycles. The molecule has 0 saturated heterocycles. The molecule has 3 nitrogen and oxygen atoms in total. The largest absolute Gasteiger partial charge is 0.356 e. The van der Waals surface area contributed by atoms with Gasteiger partial charge < -0.3 is 10.6 Å². The zero-order chi connectivity index (χ0) is 12.5. The molecule has 1 saturated carbocycles. The number of hydrogen-bond donors (Lipinski definition) is 2. The molecule has 0 amide bonds. The van der Waals surface area contributed by atoms with Crippen LogP contribution in [0.1, 0.15) is 58.8 Å². The Morgan fingerprint density at radius 3 is 2.44 bits per heavy atom. The third kappa shape index (κ3) is 8.16. The third-order valence-electron chi connectivity index (χ3n) is 3.42. The number of guanidine groups is 1. The van der Waals surface area contributed by atoms with Crippen molar-refractivity contribution >= 4 is 29.9 Å². The zero-order valence-electron chi connectivity index (χ0n) is 12.2. The van der Waals surface area contributed by atoms with Crippen molar-refractivity contribution in [3.63, 3.8) is 0 Å². The molecular weight excluding hydrogens is 337 g/mol. The Kier molecular flexibility index (Phi) is 10.9. The van der Waals surface area contributed by atoms with Gasteiger partial charge in [-0.1, -0.05) is 33.1 Å². The topological polar surface area (TPSA) is 36.4 Å². The summed E-state index contributed by atoms with van der Waals surface area (Å²) in [5.41, 5.74) is 0. The van der Waals surface area contributed by atoms with Crippen LogP contribution in [0.15, 0.2) is 4.99 Å². The van der Waals surface area contributed by atoms with Crippen molar-refractivity contribution in [2.45, 2.75) is 64.8 Å². The SMILES string of the molecule is CN=C(NCCCC(C)C)NC1CCCCC1.I. The number of rotatable bonds is 5. The average molecular weight is 367 g/mol. The number of nitrogens with one attached hydrogen (secondary N) is 2. The molecule has 0 bridgehead atoms. The van der Waals surface area contributed by atoms with E-state index >= 15 is 0 Å². The van der Waals surface area contributed by atoms with Gasteiger partial charge in [0.05, 0.1) is 0 Å². The molecule has 1 fully saturated rings. The first kappa shape index (κ1) is 18.0. The summed E-state index contributed by atoms with van der Waals surface area (Å²) in [5, 5.41) is 6.94. The normalized spacial score (nSPS) is 17.4. The van der Waals surface area contributed by atoms with Crippen LogP contribution in [0.2, 0.25) is 0 Å². The molecule has 0 radical (unpaired) electrons. The minimum Gasteiger partial charge on any atom is -0.356 e. The van der Waals surface area contributed by atoms with E-state index in [1.807, 2.05) is 7.05 Å². The van der Waals surface area contributed by atoms with Crippen LogP contribution in [0.3, 0.4) is 0 Å². The van der Waals surface area contributed by atoms with E-state index in [-0.39, 0.29) is 24.0 Å². The molecule has 2 N–H and O–H groups in total. The number of aliphatic imine (C=N–C) groups is 1. The monoisotopic (exact) mass is 367 g/mol. The molecule has 0 aromatic heterocycles. The van der Waals surface area contributed by atoms with E-state index in [2.05, 4.69) is 29.5 Å². The molecule has 0 unspecified atom stereocenters. The highest BCUT2D eigenvalue weighted by Crippen LogP contribution is 2.17. The minimum atomic E-state index is 0. The number of nitrogens with zero attached hydrogens (tertiary/aromatic N) is 1. The van der Waals surface area contributed by atoms with E-state index < -0.39 is 0 Å². The summed E-state index contributed by atoms with van der Waals surface area (Å²) >= 11 is 0. The number of halogens is 1. The summed E-state index contributed by atoms with van der Waals surface area (Å²) in [4.78, 5) is 4.29. The summed E-state index contributed by atoms with van der Waals surface area (Å²) in [7, 11) is 1.86. The molecule has 0 aromatic rings. The van der Waals surface area contributed by atoms with Crippen molar-refractivity contribution in [2.24, 2.45) is 10.9 Å². The van der Waals surface area contributed by atoms with Crippen LogP contribution in [-0.4, -0.2) is 25.6 Å². The van der Waals surface area contributed by atoms with Crippen molar-refractivity contribution in [3.05, 3.63) is 0 Å². The fourth-order valence-corrected chi connectivity index (χ4v) is 2.35. The standard InChI is InChI=1S/C14H29N3.HI/c1-12(2)8-7-11-16-14(15-3)17-13-9-5-4-6-10-13;/h12-13H,4-11H2,1-3H3,(H2,15,16,17);1H. The van der Waals surface area contributed by atoms with Gasteiger partial charge in [-0.3, -0.25) is 4.99 Å². The summed E-state index contributed by atoms with van der Waals surface area (Å²) in [6.45, 7) is 5.58. The van der Waals surface area contributed by atoms with Gasteiger partial charge >= 0.3 is 0 Å². The Morgan fingerprint density at radius 2 is 1.89 bits per heavy atom. The Hall–Kier alpha value is 0. The molecular formula is C14H30IN3. The minimum absolute atomic E-state index is 0. The molecule has 1 aliphatic rings. The smallest absolute Gasteiger partial charge is 0.191 e. The van der Waals surface area contributed by atoms with Gasteiger partial charge in [0.1, 0.15) is 0 Å². The molecule has 0 spiro atoms. The molecule has 108 valence electrons. The zero-order valence-corrected chi connectivity index (χ0v) is 14.5. The highest BCUT2D eigenvalue weighted by atomic mass is 127. The highest BCUT2D eigenvalue weighted by Gasteiger charge is 2.13. The van der Waals surface area contributed by atoms with Crippen LogP contribution < -0.4 is 10.6 Å². The summed E-state index contributed by atoms with van der Waals surface area (Å²) in [5.74, 6) is 1.78. The van der Waals surface area contributed by atoms with E-state index in [1.54, 1.807) is 0 Å². The van der Waals surface area contributed by atoms with Gasteiger partial charge in [0.25, 0.3) is 0 Å². The summed E-state index contributed by atoms with van der Waals surface area (Å²) in [6, 6.07) is 0.639. The quantitative estimate of drug-likeness (QED) is 0.338. The fraction of sp³-hybridized carbons (Fsp3) is 0.929. The molecule has 1 rings (SSSR count). The maximum absolute atomic E-state index is 4.29. The first-order valence-corrected chi connectivity index (χ1v) is 7.19. The Balaban J connectivity index is 0.00000289. The molecule has 0 atom stereocenters. The predicted molar refractivity (Wildman–Crippen MR) is 90.9 cm³/mol. The lowest BCUT2D eigenvalue weighted by Crippen LogP contribution is -2.44. The van der Waals surface area contributed by atoms with Gasteiger partial charge in [-0.25, -0.2) is 0 Å². The van der Waals surface area contributed by atoms with E-state index in [0.717, 1.165) is 18.4 Å².